The summed E-state index contributed by atoms with van der Waals surface area (Å²) in [4.78, 5) is 0. The predicted octanol–water partition coefficient (Wildman–Crippen LogP) is 3.79. The third kappa shape index (κ3) is 3.97. The second-order valence-corrected chi connectivity index (χ2v) is 3.00. The van der Waals surface area contributed by atoms with Crippen LogP contribution in [-0.4, -0.2) is 0 Å². The topological polar surface area (TPSA) is 0 Å². The van der Waals surface area contributed by atoms with Gasteiger partial charge in [0.15, 0.2) is 0 Å². The minimum Gasteiger partial charge on any atom is -0.0844 e. The molecule has 1 aliphatic rings. The van der Waals surface area contributed by atoms with Crippen molar-refractivity contribution in [1.29, 1.82) is 0 Å². The molecule has 0 aromatic rings. The second-order valence-electron chi connectivity index (χ2n) is 3.00. The lowest BCUT2D eigenvalue weighted by molar-refractivity contribution is 1.28. The summed E-state index contributed by atoms with van der Waals surface area (Å²) in [5.74, 6) is 0. The van der Waals surface area contributed by atoms with E-state index in [2.05, 4.69) is 49.5 Å². The maximum absolute atomic E-state index is 2.25. The average Bonchev–Trinajstić information content (AvgIpc) is 2.11. The summed E-state index contributed by atoms with van der Waals surface area (Å²) in [6, 6.07) is 0. The van der Waals surface area contributed by atoms with Gasteiger partial charge in [-0.25, -0.2) is 0 Å². The summed E-state index contributed by atoms with van der Waals surface area (Å²) in [6.07, 6.45) is 18.7. The number of hydrogen-bond donors (Lipinski definition) is 0. The Labute approximate surface area is 75.0 Å². The third-order valence-electron chi connectivity index (χ3n) is 1.83. The molecule has 0 N–H and O–H groups in total. The smallest absolute Gasteiger partial charge is 0.0163 e. The van der Waals surface area contributed by atoms with Gasteiger partial charge in [0.05, 0.1) is 0 Å². The van der Waals surface area contributed by atoms with Crippen LogP contribution < -0.4 is 0 Å². The lowest BCUT2D eigenvalue weighted by atomic mass is 10.2. The van der Waals surface area contributed by atoms with Crippen molar-refractivity contribution in [2.24, 2.45) is 0 Å². The van der Waals surface area contributed by atoms with E-state index in [-0.39, 0.29) is 0 Å². The van der Waals surface area contributed by atoms with Crippen LogP contribution >= 0.6 is 0 Å². The van der Waals surface area contributed by atoms with E-state index in [1.807, 2.05) is 0 Å². The molecular formula is C12H16. The molecule has 0 heteroatoms. The molecule has 1 rings (SSSR count). The Morgan fingerprint density at radius 2 is 1.42 bits per heavy atom. The van der Waals surface area contributed by atoms with Gasteiger partial charge in [0.25, 0.3) is 0 Å². The van der Waals surface area contributed by atoms with E-state index >= 15 is 0 Å². The Hall–Kier alpha value is -1.04. The highest BCUT2D eigenvalue weighted by Gasteiger charge is 1.81. The summed E-state index contributed by atoms with van der Waals surface area (Å²) < 4.78 is 0. The largest absolute Gasteiger partial charge is 0.0844 e. The minimum atomic E-state index is 1.05. The highest BCUT2D eigenvalue weighted by molar-refractivity contribution is 5.18. The zero-order chi connectivity index (χ0) is 8.65. The van der Waals surface area contributed by atoms with E-state index in [1.165, 1.54) is 5.57 Å². The van der Waals surface area contributed by atoms with Gasteiger partial charge in [-0.05, 0) is 26.2 Å². The van der Waals surface area contributed by atoms with E-state index in [0.717, 1.165) is 19.3 Å². The normalized spacial score (nSPS) is 30.9. The summed E-state index contributed by atoms with van der Waals surface area (Å²) >= 11 is 0. The van der Waals surface area contributed by atoms with Crippen LogP contribution in [0.1, 0.15) is 26.2 Å². The Morgan fingerprint density at radius 1 is 0.833 bits per heavy atom. The molecule has 64 valence electrons. The maximum atomic E-state index is 2.25. The number of allylic oxidation sites excluding steroid dienone is 8. The first kappa shape index (κ1) is 9.05. The van der Waals surface area contributed by atoms with Gasteiger partial charge in [0, 0.05) is 0 Å². The first-order chi connectivity index (χ1) is 5.89. The van der Waals surface area contributed by atoms with Gasteiger partial charge in [0.1, 0.15) is 0 Å². The van der Waals surface area contributed by atoms with Crippen LogP contribution in [0.3, 0.4) is 0 Å². The summed E-state index contributed by atoms with van der Waals surface area (Å²) in [6.45, 7) is 2.14. The minimum absolute atomic E-state index is 1.05. The Balaban J connectivity index is 2.59. The quantitative estimate of drug-likeness (QED) is 0.473. The van der Waals surface area contributed by atoms with Gasteiger partial charge in [0.2, 0.25) is 0 Å². The predicted molar refractivity (Wildman–Crippen MR) is 55.0 cm³/mol. The van der Waals surface area contributed by atoms with Crippen LogP contribution in [-0.2, 0) is 0 Å². The molecule has 0 unspecified atom stereocenters. The molecule has 12 heavy (non-hydrogen) atoms. The molecular weight excluding hydrogens is 144 g/mol. The molecule has 0 nitrogen and oxygen atoms in total. The lowest BCUT2D eigenvalue weighted by Crippen LogP contribution is -1.67. The van der Waals surface area contributed by atoms with Crippen molar-refractivity contribution < 1.29 is 0 Å². The van der Waals surface area contributed by atoms with Crippen LogP contribution in [0.2, 0.25) is 0 Å². The molecule has 0 spiro atoms. The molecule has 0 saturated carbocycles. The fourth-order valence-corrected chi connectivity index (χ4v) is 1.12. The van der Waals surface area contributed by atoms with Crippen LogP contribution in [0.5, 0.6) is 0 Å². The molecule has 0 radical (unpaired) electrons. The molecule has 0 aliphatic heterocycles. The van der Waals surface area contributed by atoms with Gasteiger partial charge >= 0.3 is 0 Å². The molecule has 0 aromatic heterocycles. The van der Waals surface area contributed by atoms with Crippen molar-refractivity contribution in [3.8, 4) is 0 Å². The highest BCUT2D eigenvalue weighted by Crippen LogP contribution is 2.02. The van der Waals surface area contributed by atoms with Crippen LogP contribution in [0.4, 0.5) is 0 Å². The number of hydrogen-bond acceptors (Lipinski definition) is 0. The van der Waals surface area contributed by atoms with Crippen molar-refractivity contribution in [3.63, 3.8) is 0 Å². The van der Waals surface area contributed by atoms with Crippen LogP contribution in [0.15, 0.2) is 48.1 Å². The van der Waals surface area contributed by atoms with Crippen molar-refractivity contribution in [2.75, 3.05) is 0 Å². The maximum Gasteiger partial charge on any atom is -0.0163 e. The van der Waals surface area contributed by atoms with Crippen molar-refractivity contribution in [1.82, 2.24) is 0 Å². The molecule has 0 amide bonds. The van der Waals surface area contributed by atoms with E-state index in [0.29, 0.717) is 0 Å². The number of rotatable bonds is 0. The molecule has 0 atom stereocenters. The van der Waals surface area contributed by atoms with E-state index in [1.54, 1.807) is 0 Å². The Morgan fingerprint density at radius 3 is 2.17 bits per heavy atom. The van der Waals surface area contributed by atoms with Crippen LogP contribution in [0, 0.1) is 0 Å². The third-order valence-corrected chi connectivity index (χ3v) is 1.83. The standard InChI is InChI=1S/C12H16/c1-12-10-8-6-4-2-3-5-7-9-11-12/h2,4-5,7-8,10-11H,3,6,9H2,1H3/b4-2-,7-5-,10-8-,12-11-. The van der Waals surface area contributed by atoms with Crippen molar-refractivity contribution in [2.45, 2.75) is 26.2 Å². The molecule has 0 heterocycles. The zero-order valence-corrected chi connectivity index (χ0v) is 7.66. The van der Waals surface area contributed by atoms with Crippen molar-refractivity contribution in [3.05, 3.63) is 48.1 Å². The molecule has 0 fully saturated rings. The zero-order valence-electron chi connectivity index (χ0n) is 7.66. The van der Waals surface area contributed by atoms with Gasteiger partial charge in [-0.2, -0.15) is 0 Å². The van der Waals surface area contributed by atoms with Crippen LogP contribution in [0.25, 0.3) is 0 Å². The second kappa shape index (κ2) is 5.59. The average molecular weight is 160 g/mol. The Kier molecular flexibility index (Phi) is 4.22. The SMILES string of the molecule is CC1=C/C/C=C\C/C=C\C/C=C\1. The Bertz CT molecular complexity index is 226. The van der Waals surface area contributed by atoms with Gasteiger partial charge in [-0.15, -0.1) is 0 Å². The van der Waals surface area contributed by atoms with E-state index < -0.39 is 0 Å². The highest BCUT2D eigenvalue weighted by atomic mass is 13.9. The molecule has 1 aliphatic carbocycles. The van der Waals surface area contributed by atoms with Gasteiger partial charge < -0.3 is 0 Å². The summed E-state index contributed by atoms with van der Waals surface area (Å²) in [5.41, 5.74) is 1.36. The van der Waals surface area contributed by atoms with E-state index in [4.69, 9.17) is 0 Å². The summed E-state index contributed by atoms with van der Waals surface area (Å²) in [5, 5.41) is 0. The first-order valence-corrected chi connectivity index (χ1v) is 4.53. The monoisotopic (exact) mass is 160 g/mol. The first-order valence-electron chi connectivity index (χ1n) is 4.53. The molecule has 0 saturated heterocycles. The fourth-order valence-electron chi connectivity index (χ4n) is 1.12. The van der Waals surface area contributed by atoms with Gasteiger partial charge in [-0.3, -0.25) is 0 Å². The fraction of sp³-hybridized carbons (Fsp3) is 0.333. The van der Waals surface area contributed by atoms with Gasteiger partial charge in [-0.1, -0.05) is 48.1 Å². The van der Waals surface area contributed by atoms with E-state index in [9.17, 15) is 0 Å². The lowest BCUT2D eigenvalue weighted by Gasteiger charge is -1.88. The molecule has 0 bridgehead atoms. The molecule has 0 aromatic carbocycles. The summed E-state index contributed by atoms with van der Waals surface area (Å²) in [7, 11) is 0. The van der Waals surface area contributed by atoms with Crippen molar-refractivity contribution >= 4 is 0 Å².